The SMILES string of the molecule is CCCn1nc(C(=O)NCCOc2ccc(Br)cc2)ccc1=O. The van der Waals surface area contributed by atoms with Crippen LogP contribution in [0.15, 0.2) is 45.7 Å². The minimum absolute atomic E-state index is 0.207. The van der Waals surface area contributed by atoms with Crippen LogP contribution in [-0.4, -0.2) is 28.8 Å². The second-order valence-electron chi connectivity index (χ2n) is 4.84. The second-order valence-corrected chi connectivity index (χ2v) is 5.75. The monoisotopic (exact) mass is 379 g/mol. The normalized spacial score (nSPS) is 10.3. The van der Waals surface area contributed by atoms with Gasteiger partial charge in [0.05, 0.1) is 6.54 Å². The first-order chi connectivity index (χ1) is 11.1. The van der Waals surface area contributed by atoms with Gasteiger partial charge in [-0.1, -0.05) is 22.9 Å². The molecule has 1 aromatic carbocycles. The first-order valence-corrected chi connectivity index (χ1v) is 8.14. The molecule has 6 nitrogen and oxygen atoms in total. The van der Waals surface area contributed by atoms with E-state index < -0.39 is 0 Å². The molecule has 1 heterocycles. The van der Waals surface area contributed by atoms with Crippen molar-refractivity contribution >= 4 is 21.8 Å². The summed E-state index contributed by atoms with van der Waals surface area (Å²) in [4.78, 5) is 23.6. The molecule has 0 saturated heterocycles. The molecule has 0 aliphatic rings. The Morgan fingerprint density at radius 1 is 1.26 bits per heavy atom. The number of aromatic nitrogens is 2. The zero-order chi connectivity index (χ0) is 16.7. The highest BCUT2D eigenvalue weighted by atomic mass is 79.9. The topological polar surface area (TPSA) is 73.2 Å². The van der Waals surface area contributed by atoms with Crippen molar-refractivity contribution < 1.29 is 9.53 Å². The molecule has 0 bridgehead atoms. The fourth-order valence-corrected chi connectivity index (χ4v) is 2.16. The molecule has 0 atom stereocenters. The fourth-order valence-electron chi connectivity index (χ4n) is 1.90. The minimum Gasteiger partial charge on any atom is -0.492 e. The number of nitrogens with zero attached hydrogens (tertiary/aromatic N) is 2. The largest absolute Gasteiger partial charge is 0.492 e. The van der Waals surface area contributed by atoms with E-state index in [4.69, 9.17) is 4.74 Å². The predicted molar refractivity (Wildman–Crippen MR) is 90.8 cm³/mol. The van der Waals surface area contributed by atoms with Gasteiger partial charge in [-0.2, -0.15) is 5.10 Å². The molecule has 7 heteroatoms. The smallest absolute Gasteiger partial charge is 0.271 e. The van der Waals surface area contributed by atoms with Crippen LogP contribution in [0.4, 0.5) is 0 Å². The summed E-state index contributed by atoms with van der Waals surface area (Å²) in [7, 11) is 0. The number of hydrogen-bond acceptors (Lipinski definition) is 4. The molecule has 1 aromatic heterocycles. The quantitative estimate of drug-likeness (QED) is 0.748. The molecule has 2 rings (SSSR count). The highest BCUT2D eigenvalue weighted by Gasteiger charge is 2.08. The number of hydrogen-bond donors (Lipinski definition) is 1. The molecule has 0 unspecified atom stereocenters. The maximum absolute atomic E-state index is 12.0. The second kappa shape index (κ2) is 8.47. The number of carbonyl (C=O) groups excluding carboxylic acids is 1. The molecule has 2 aromatic rings. The van der Waals surface area contributed by atoms with Crippen molar-refractivity contribution in [3.63, 3.8) is 0 Å². The molecule has 0 radical (unpaired) electrons. The molecular weight excluding hydrogens is 362 g/mol. The number of benzene rings is 1. The van der Waals surface area contributed by atoms with E-state index in [1.807, 2.05) is 31.2 Å². The van der Waals surface area contributed by atoms with Crippen LogP contribution < -0.4 is 15.6 Å². The van der Waals surface area contributed by atoms with E-state index in [0.29, 0.717) is 19.7 Å². The minimum atomic E-state index is -0.325. The lowest BCUT2D eigenvalue weighted by molar-refractivity contribution is 0.0939. The lowest BCUT2D eigenvalue weighted by atomic mass is 10.3. The number of rotatable bonds is 7. The molecule has 0 aliphatic heterocycles. The van der Waals surface area contributed by atoms with E-state index in [2.05, 4.69) is 26.3 Å². The zero-order valence-corrected chi connectivity index (χ0v) is 14.4. The number of halogens is 1. The Balaban J connectivity index is 1.83. The van der Waals surface area contributed by atoms with Gasteiger partial charge in [-0.25, -0.2) is 4.68 Å². The van der Waals surface area contributed by atoms with E-state index in [1.165, 1.54) is 16.8 Å². The lowest BCUT2D eigenvalue weighted by Gasteiger charge is -2.08. The third kappa shape index (κ3) is 5.21. The van der Waals surface area contributed by atoms with Crippen LogP contribution in [0.2, 0.25) is 0 Å². The number of nitrogens with one attached hydrogen (secondary N) is 1. The van der Waals surface area contributed by atoms with Gasteiger partial charge in [-0.15, -0.1) is 0 Å². The third-order valence-electron chi connectivity index (χ3n) is 3.00. The van der Waals surface area contributed by atoms with Crippen LogP contribution in [0, 0.1) is 0 Å². The maximum Gasteiger partial charge on any atom is 0.271 e. The highest BCUT2D eigenvalue weighted by molar-refractivity contribution is 9.10. The Morgan fingerprint density at radius 2 is 2.00 bits per heavy atom. The van der Waals surface area contributed by atoms with E-state index in [0.717, 1.165) is 16.6 Å². The number of ether oxygens (including phenoxy) is 1. The Labute approximate surface area is 142 Å². The van der Waals surface area contributed by atoms with Crippen LogP contribution in [0.1, 0.15) is 23.8 Å². The summed E-state index contributed by atoms with van der Waals surface area (Å²) < 4.78 is 7.79. The highest BCUT2D eigenvalue weighted by Crippen LogP contribution is 2.15. The molecule has 122 valence electrons. The van der Waals surface area contributed by atoms with Crippen LogP contribution in [-0.2, 0) is 6.54 Å². The number of carbonyl (C=O) groups is 1. The van der Waals surface area contributed by atoms with Gasteiger partial charge in [0.25, 0.3) is 11.5 Å². The zero-order valence-electron chi connectivity index (χ0n) is 12.8. The third-order valence-corrected chi connectivity index (χ3v) is 3.53. The predicted octanol–water partition coefficient (Wildman–Crippen LogP) is 2.22. The summed E-state index contributed by atoms with van der Waals surface area (Å²) >= 11 is 3.35. The Kier molecular flexibility index (Phi) is 6.34. The molecule has 23 heavy (non-hydrogen) atoms. The van der Waals surface area contributed by atoms with Gasteiger partial charge >= 0.3 is 0 Å². The van der Waals surface area contributed by atoms with Gasteiger partial charge in [0, 0.05) is 17.1 Å². The van der Waals surface area contributed by atoms with E-state index in [1.54, 1.807) is 0 Å². The van der Waals surface area contributed by atoms with Crippen LogP contribution in [0.3, 0.4) is 0 Å². The van der Waals surface area contributed by atoms with Crippen molar-refractivity contribution in [1.82, 2.24) is 15.1 Å². The van der Waals surface area contributed by atoms with Crippen molar-refractivity contribution in [3.8, 4) is 5.75 Å². The Bertz CT molecular complexity index is 713. The van der Waals surface area contributed by atoms with Crippen LogP contribution >= 0.6 is 15.9 Å². The van der Waals surface area contributed by atoms with Gasteiger partial charge < -0.3 is 10.1 Å². The van der Waals surface area contributed by atoms with Crippen LogP contribution in [0.5, 0.6) is 5.75 Å². The molecular formula is C16H18BrN3O3. The van der Waals surface area contributed by atoms with Crippen molar-refractivity contribution in [2.24, 2.45) is 0 Å². The molecule has 0 aliphatic carbocycles. The maximum atomic E-state index is 12.0. The molecule has 0 fully saturated rings. The average molecular weight is 380 g/mol. The van der Waals surface area contributed by atoms with Gasteiger partial charge in [-0.3, -0.25) is 9.59 Å². The molecule has 0 saturated carbocycles. The van der Waals surface area contributed by atoms with Crippen molar-refractivity contribution in [2.45, 2.75) is 19.9 Å². The summed E-state index contributed by atoms with van der Waals surface area (Å²) in [5, 5.41) is 6.77. The average Bonchev–Trinajstić information content (AvgIpc) is 2.55. The Hall–Kier alpha value is -2.15. The Morgan fingerprint density at radius 3 is 2.70 bits per heavy atom. The first-order valence-electron chi connectivity index (χ1n) is 7.35. The van der Waals surface area contributed by atoms with Gasteiger partial charge in [0.15, 0.2) is 0 Å². The molecule has 1 N–H and O–H groups in total. The van der Waals surface area contributed by atoms with Gasteiger partial charge in [0.2, 0.25) is 0 Å². The van der Waals surface area contributed by atoms with Gasteiger partial charge in [0.1, 0.15) is 18.1 Å². The molecule has 0 spiro atoms. The standard InChI is InChI=1S/C16H18BrN3O3/c1-2-10-20-15(21)8-7-14(19-20)16(22)18-9-11-23-13-5-3-12(17)4-6-13/h3-8H,2,9-11H2,1H3,(H,18,22). The molecule has 1 amide bonds. The summed E-state index contributed by atoms with van der Waals surface area (Å²) in [5.41, 5.74) is 0.0173. The van der Waals surface area contributed by atoms with Crippen molar-refractivity contribution in [3.05, 3.63) is 56.9 Å². The summed E-state index contributed by atoms with van der Waals surface area (Å²) in [5.74, 6) is 0.409. The number of aryl methyl sites for hydroxylation is 1. The van der Waals surface area contributed by atoms with E-state index >= 15 is 0 Å². The number of amides is 1. The fraction of sp³-hybridized carbons (Fsp3) is 0.312. The van der Waals surface area contributed by atoms with E-state index in [9.17, 15) is 9.59 Å². The first kappa shape index (κ1) is 17.2. The van der Waals surface area contributed by atoms with Crippen molar-refractivity contribution in [1.29, 1.82) is 0 Å². The van der Waals surface area contributed by atoms with Crippen LogP contribution in [0.25, 0.3) is 0 Å². The summed E-state index contributed by atoms with van der Waals surface area (Å²) in [6.07, 6.45) is 0.777. The summed E-state index contributed by atoms with van der Waals surface area (Å²) in [6, 6.07) is 10.2. The lowest BCUT2D eigenvalue weighted by Crippen LogP contribution is -2.31. The van der Waals surface area contributed by atoms with Gasteiger partial charge in [-0.05, 0) is 36.8 Å². The summed E-state index contributed by atoms with van der Waals surface area (Å²) in [6.45, 7) is 3.14. The van der Waals surface area contributed by atoms with Crippen molar-refractivity contribution in [2.75, 3.05) is 13.2 Å². The van der Waals surface area contributed by atoms with E-state index in [-0.39, 0.29) is 17.2 Å².